The maximum atomic E-state index is 12.9. The number of fused-ring (bicyclic) bond motifs is 2. The van der Waals surface area contributed by atoms with Crippen LogP contribution in [0.3, 0.4) is 0 Å². The molecule has 0 spiro atoms. The van der Waals surface area contributed by atoms with Crippen molar-refractivity contribution in [3.8, 4) is 5.69 Å². The third kappa shape index (κ3) is 3.23. The molecule has 1 amide bonds. The number of carbonyl (C=O) groups is 1. The van der Waals surface area contributed by atoms with Gasteiger partial charge in [0, 0.05) is 12.1 Å². The number of para-hydroxylation sites is 1. The molecule has 2 aliphatic rings. The summed E-state index contributed by atoms with van der Waals surface area (Å²) >= 11 is 12.7. The number of benzene rings is 1. The van der Waals surface area contributed by atoms with E-state index in [-0.39, 0.29) is 11.9 Å². The van der Waals surface area contributed by atoms with Crippen LogP contribution in [0, 0.1) is 0 Å². The standard InChI is InChI=1S/C20H19Cl2N5O2/c21-13-4-3-5-14(22)19(13)27-17-10-29-9-15(12(17)8-24-27)25-20(28)18-16-6-1-2-7-26(16)11-23-18/h3-5,8,11,15H,1-2,6-7,9-10H2,(H,25,28)/t15-/m1/s1. The number of rotatable bonds is 3. The highest BCUT2D eigenvalue weighted by Crippen LogP contribution is 2.33. The van der Waals surface area contributed by atoms with Crippen LogP contribution in [0.25, 0.3) is 5.69 Å². The van der Waals surface area contributed by atoms with E-state index in [0.29, 0.717) is 34.6 Å². The van der Waals surface area contributed by atoms with Crippen LogP contribution in [0.5, 0.6) is 0 Å². The van der Waals surface area contributed by atoms with Gasteiger partial charge in [-0.25, -0.2) is 9.67 Å². The predicted molar refractivity (Wildman–Crippen MR) is 109 cm³/mol. The van der Waals surface area contributed by atoms with Crippen LogP contribution < -0.4 is 5.32 Å². The number of nitrogens with zero attached hydrogens (tertiary/aromatic N) is 4. The summed E-state index contributed by atoms with van der Waals surface area (Å²) in [6, 6.07) is 5.00. The molecule has 0 radical (unpaired) electrons. The summed E-state index contributed by atoms with van der Waals surface area (Å²) < 4.78 is 9.51. The fourth-order valence-corrected chi connectivity index (χ4v) is 4.60. The fourth-order valence-electron chi connectivity index (χ4n) is 4.04. The fraction of sp³-hybridized carbons (Fsp3) is 0.350. The highest BCUT2D eigenvalue weighted by molar-refractivity contribution is 6.37. The van der Waals surface area contributed by atoms with Gasteiger partial charge >= 0.3 is 0 Å². The molecule has 2 aromatic heterocycles. The number of amides is 1. The van der Waals surface area contributed by atoms with E-state index >= 15 is 0 Å². The second-order valence-corrected chi connectivity index (χ2v) is 8.07. The molecule has 0 saturated carbocycles. The van der Waals surface area contributed by atoms with E-state index in [9.17, 15) is 4.79 Å². The second kappa shape index (κ2) is 7.48. The molecule has 0 bridgehead atoms. The molecule has 5 rings (SSSR count). The Kier molecular flexibility index (Phi) is 4.81. The Labute approximate surface area is 177 Å². The van der Waals surface area contributed by atoms with Crippen molar-refractivity contribution in [3.63, 3.8) is 0 Å². The molecule has 4 heterocycles. The van der Waals surface area contributed by atoms with E-state index in [4.69, 9.17) is 27.9 Å². The van der Waals surface area contributed by atoms with Crippen molar-refractivity contribution < 1.29 is 9.53 Å². The Morgan fingerprint density at radius 2 is 2.03 bits per heavy atom. The van der Waals surface area contributed by atoms with Gasteiger partial charge in [-0.3, -0.25) is 4.79 Å². The minimum absolute atomic E-state index is 0.189. The number of hydrogen-bond acceptors (Lipinski definition) is 4. The average Bonchev–Trinajstić information content (AvgIpc) is 3.33. The molecular weight excluding hydrogens is 413 g/mol. The third-order valence-electron chi connectivity index (χ3n) is 5.48. The first-order valence-electron chi connectivity index (χ1n) is 9.57. The first kappa shape index (κ1) is 18.7. The first-order chi connectivity index (χ1) is 14.1. The SMILES string of the molecule is O=C(N[C@@H]1COCc2c1cnn2-c1c(Cl)cccc1Cl)c1ncn2c1CCCC2. The van der Waals surface area contributed by atoms with Gasteiger partial charge in [0.15, 0.2) is 0 Å². The molecule has 9 heteroatoms. The van der Waals surface area contributed by atoms with Crippen LogP contribution in [-0.4, -0.2) is 31.8 Å². The molecule has 1 aromatic carbocycles. The van der Waals surface area contributed by atoms with Crippen LogP contribution in [0.2, 0.25) is 10.0 Å². The number of carbonyl (C=O) groups excluding carboxylic acids is 1. The Morgan fingerprint density at radius 3 is 2.86 bits per heavy atom. The zero-order valence-electron chi connectivity index (χ0n) is 15.6. The van der Waals surface area contributed by atoms with E-state index in [0.717, 1.165) is 42.8 Å². The molecule has 0 unspecified atom stereocenters. The van der Waals surface area contributed by atoms with Crippen molar-refractivity contribution >= 4 is 29.1 Å². The van der Waals surface area contributed by atoms with E-state index < -0.39 is 0 Å². The predicted octanol–water partition coefficient (Wildman–Crippen LogP) is 3.71. The molecule has 7 nitrogen and oxygen atoms in total. The normalized spacial score (nSPS) is 18.2. The molecule has 150 valence electrons. The summed E-state index contributed by atoms with van der Waals surface area (Å²) in [5.74, 6) is -0.189. The second-order valence-electron chi connectivity index (χ2n) is 7.26. The minimum Gasteiger partial charge on any atom is -0.373 e. The van der Waals surface area contributed by atoms with Gasteiger partial charge in [-0.15, -0.1) is 0 Å². The number of nitrogens with one attached hydrogen (secondary N) is 1. The molecule has 1 atom stereocenters. The molecule has 0 aliphatic carbocycles. The smallest absolute Gasteiger partial charge is 0.272 e. The maximum Gasteiger partial charge on any atom is 0.272 e. The van der Waals surface area contributed by atoms with Crippen molar-refractivity contribution in [2.24, 2.45) is 0 Å². The summed E-state index contributed by atoms with van der Waals surface area (Å²) in [6.45, 7) is 1.65. The zero-order valence-corrected chi connectivity index (χ0v) is 17.1. The molecule has 0 fully saturated rings. The van der Waals surface area contributed by atoms with Crippen molar-refractivity contribution in [1.82, 2.24) is 24.6 Å². The van der Waals surface area contributed by atoms with Crippen molar-refractivity contribution in [2.75, 3.05) is 6.61 Å². The lowest BCUT2D eigenvalue weighted by Gasteiger charge is -2.25. The topological polar surface area (TPSA) is 74.0 Å². The van der Waals surface area contributed by atoms with Gasteiger partial charge < -0.3 is 14.6 Å². The third-order valence-corrected chi connectivity index (χ3v) is 6.09. The van der Waals surface area contributed by atoms with Gasteiger partial charge in [0.2, 0.25) is 0 Å². The summed E-state index contributed by atoms with van der Waals surface area (Å²) in [5, 5.41) is 8.54. The number of halogens is 2. The Bertz CT molecular complexity index is 1070. The molecule has 29 heavy (non-hydrogen) atoms. The molecule has 3 aromatic rings. The lowest BCUT2D eigenvalue weighted by molar-refractivity contribution is 0.0684. The van der Waals surface area contributed by atoms with Gasteiger partial charge in [0.1, 0.15) is 11.4 Å². The highest BCUT2D eigenvalue weighted by atomic mass is 35.5. The zero-order chi connectivity index (χ0) is 20.0. The highest BCUT2D eigenvalue weighted by Gasteiger charge is 2.30. The minimum atomic E-state index is -0.317. The monoisotopic (exact) mass is 431 g/mol. The van der Waals surface area contributed by atoms with E-state index in [1.807, 2.05) is 0 Å². The van der Waals surface area contributed by atoms with Crippen molar-refractivity contribution in [3.05, 3.63) is 63.4 Å². The van der Waals surface area contributed by atoms with Gasteiger partial charge in [-0.1, -0.05) is 29.3 Å². The first-order valence-corrected chi connectivity index (χ1v) is 10.3. The number of hydrogen-bond donors (Lipinski definition) is 1. The average molecular weight is 432 g/mol. The molecule has 0 saturated heterocycles. The lowest BCUT2D eigenvalue weighted by Crippen LogP contribution is -2.35. The van der Waals surface area contributed by atoms with Crippen LogP contribution >= 0.6 is 23.2 Å². The number of ether oxygens (including phenoxy) is 1. The summed E-state index contributed by atoms with van der Waals surface area (Å²) in [4.78, 5) is 17.3. The van der Waals surface area contributed by atoms with E-state index in [1.165, 1.54) is 0 Å². The van der Waals surface area contributed by atoms with Crippen molar-refractivity contribution in [1.29, 1.82) is 0 Å². The van der Waals surface area contributed by atoms with Gasteiger partial charge in [-0.05, 0) is 31.4 Å². The summed E-state index contributed by atoms with van der Waals surface area (Å²) in [6.07, 6.45) is 6.56. The number of imidazole rings is 1. The Balaban J connectivity index is 1.44. The van der Waals surface area contributed by atoms with Crippen LogP contribution in [0.15, 0.2) is 30.7 Å². The quantitative estimate of drug-likeness (QED) is 0.685. The Morgan fingerprint density at radius 1 is 1.21 bits per heavy atom. The van der Waals surface area contributed by atoms with Crippen molar-refractivity contribution in [2.45, 2.75) is 38.5 Å². The molecule has 2 aliphatic heterocycles. The number of aryl methyl sites for hydroxylation is 1. The van der Waals surface area contributed by atoms with Gasteiger partial charge in [0.25, 0.3) is 5.91 Å². The summed E-state index contributed by atoms with van der Waals surface area (Å²) in [5.41, 5.74) is 3.83. The Hall–Kier alpha value is -2.35. The molecular formula is C20H19Cl2N5O2. The number of aromatic nitrogens is 4. The van der Waals surface area contributed by atoms with Gasteiger partial charge in [0.05, 0.1) is 53.2 Å². The van der Waals surface area contributed by atoms with Crippen LogP contribution in [-0.2, 0) is 24.3 Å². The van der Waals surface area contributed by atoms with Crippen LogP contribution in [0.4, 0.5) is 0 Å². The van der Waals surface area contributed by atoms with Gasteiger partial charge in [-0.2, -0.15) is 5.10 Å². The largest absolute Gasteiger partial charge is 0.373 e. The van der Waals surface area contributed by atoms with Crippen LogP contribution in [0.1, 0.15) is 46.3 Å². The maximum absolute atomic E-state index is 12.9. The van der Waals surface area contributed by atoms with E-state index in [1.54, 1.807) is 35.4 Å². The van der Waals surface area contributed by atoms with E-state index in [2.05, 4.69) is 20.0 Å². The summed E-state index contributed by atoms with van der Waals surface area (Å²) in [7, 11) is 0. The molecule has 1 N–H and O–H groups in total. The lowest BCUT2D eigenvalue weighted by atomic mass is 10.0.